The molecule has 0 aromatic heterocycles. The molecule has 1 N–H and O–H groups in total. The molecule has 1 heterocycles. The molecule has 3 rings (SSSR count). The molecule has 1 unspecified atom stereocenters. The molecule has 1 saturated heterocycles. The maximum absolute atomic E-state index is 12.5. The average Bonchev–Trinajstić information content (AvgIpc) is 2.89. The molecule has 7 heteroatoms. The van der Waals surface area contributed by atoms with E-state index in [9.17, 15) is 14.4 Å². The van der Waals surface area contributed by atoms with Gasteiger partial charge in [-0.3, -0.25) is 14.4 Å². The van der Waals surface area contributed by atoms with Crippen LogP contribution in [0.1, 0.15) is 6.42 Å². The van der Waals surface area contributed by atoms with Gasteiger partial charge in [-0.25, -0.2) is 4.90 Å². The van der Waals surface area contributed by atoms with Crippen LogP contribution in [0.5, 0.6) is 0 Å². The zero-order chi connectivity index (χ0) is 17.8. The van der Waals surface area contributed by atoms with Gasteiger partial charge in [-0.2, -0.15) is 0 Å². The van der Waals surface area contributed by atoms with Gasteiger partial charge in [0.15, 0.2) is 0 Å². The van der Waals surface area contributed by atoms with E-state index >= 15 is 0 Å². The van der Waals surface area contributed by atoms with Crippen molar-refractivity contribution in [2.45, 2.75) is 11.7 Å². The number of para-hydroxylation sites is 1. The van der Waals surface area contributed by atoms with Crippen molar-refractivity contribution in [1.82, 2.24) is 0 Å². The van der Waals surface area contributed by atoms with Crippen LogP contribution < -0.4 is 10.2 Å². The predicted molar refractivity (Wildman–Crippen MR) is 103 cm³/mol. The Balaban J connectivity index is 1.59. The molecular formula is C18H15BrN2O3S. The lowest BCUT2D eigenvalue weighted by Gasteiger charge is -2.15. The number of carbonyl (C=O) groups is 3. The van der Waals surface area contributed by atoms with Crippen molar-refractivity contribution in [3.63, 3.8) is 0 Å². The first-order valence-electron chi connectivity index (χ1n) is 7.63. The second-order valence-electron chi connectivity index (χ2n) is 5.46. The summed E-state index contributed by atoms with van der Waals surface area (Å²) in [5.41, 5.74) is 1.26. The molecule has 1 aliphatic rings. The first-order chi connectivity index (χ1) is 12.0. The van der Waals surface area contributed by atoms with E-state index in [0.717, 1.165) is 4.47 Å². The highest BCUT2D eigenvalue weighted by molar-refractivity contribution is 9.10. The monoisotopic (exact) mass is 418 g/mol. The molecule has 0 spiro atoms. The Kier molecular flexibility index (Phi) is 5.55. The molecule has 1 aliphatic heterocycles. The number of hydrogen-bond acceptors (Lipinski definition) is 4. The van der Waals surface area contributed by atoms with Gasteiger partial charge in [0.05, 0.1) is 16.7 Å². The first kappa shape index (κ1) is 17.7. The summed E-state index contributed by atoms with van der Waals surface area (Å²) in [6.07, 6.45) is 0.109. The van der Waals surface area contributed by atoms with Gasteiger partial charge in [0.25, 0.3) is 0 Å². The van der Waals surface area contributed by atoms with Crippen LogP contribution in [0, 0.1) is 0 Å². The SMILES string of the molecule is O=C(CSC1CC(=O)N(c2ccc(Br)cc2)C1=O)Nc1ccccc1. The summed E-state index contributed by atoms with van der Waals surface area (Å²) >= 11 is 4.52. The molecule has 2 aromatic carbocycles. The fourth-order valence-corrected chi connectivity index (χ4v) is 3.69. The van der Waals surface area contributed by atoms with Crippen molar-refractivity contribution in [3.05, 3.63) is 59.1 Å². The zero-order valence-electron chi connectivity index (χ0n) is 13.1. The maximum Gasteiger partial charge on any atom is 0.247 e. The molecule has 1 atom stereocenters. The highest BCUT2D eigenvalue weighted by Gasteiger charge is 2.39. The molecule has 128 valence electrons. The lowest BCUT2D eigenvalue weighted by Crippen LogP contribution is -2.31. The van der Waals surface area contributed by atoms with Crippen LogP contribution in [0.25, 0.3) is 0 Å². The van der Waals surface area contributed by atoms with E-state index in [1.54, 1.807) is 36.4 Å². The minimum Gasteiger partial charge on any atom is -0.325 e. The summed E-state index contributed by atoms with van der Waals surface area (Å²) in [7, 11) is 0. The number of carbonyl (C=O) groups excluding carboxylic acids is 3. The molecule has 0 radical (unpaired) electrons. The van der Waals surface area contributed by atoms with Crippen LogP contribution in [0.4, 0.5) is 11.4 Å². The van der Waals surface area contributed by atoms with E-state index < -0.39 is 5.25 Å². The highest BCUT2D eigenvalue weighted by atomic mass is 79.9. The van der Waals surface area contributed by atoms with Gasteiger partial charge >= 0.3 is 0 Å². The van der Waals surface area contributed by atoms with Crippen molar-refractivity contribution in [2.24, 2.45) is 0 Å². The van der Waals surface area contributed by atoms with Gasteiger partial charge in [-0.15, -0.1) is 11.8 Å². The Morgan fingerprint density at radius 2 is 1.80 bits per heavy atom. The Bertz CT molecular complexity index is 796. The molecule has 1 fully saturated rings. The normalized spacial score (nSPS) is 17.0. The van der Waals surface area contributed by atoms with Crippen LogP contribution >= 0.6 is 27.7 Å². The topological polar surface area (TPSA) is 66.5 Å². The van der Waals surface area contributed by atoms with Gasteiger partial charge in [0, 0.05) is 16.6 Å². The van der Waals surface area contributed by atoms with Gasteiger partial charge in [-0.1, -0.05) is 34.1 Å². The summed E-state index contributed by atoms with van der Waals surface area (Å²) < 4.78 is 0.874. The van der Waals surface area contributed by atoms with Crippen LogP contribution in [0.3, 0.4) is 0 Å². The van der Waals surface area contributed by atoms with Gasteiger partial charge < -0.3 is 5.32 Å². The quantitative estimate of drug-likeness (QED) is 0.754. The molecule has 2 aromatic rings. The number of hydrogen-bond donors (Lipinski definition) is 1. The Morgan fingerprint density at radius 1 is 1.12 bits per heavy atom. The summed E-state index contributed by atoms with van der Waals surface area (Å²) in [6, 6.07) is 16.1. The number of imide groups is 1. The standard InChI is InChI=1S/C18H15BrN2O3S/c19-12-6-8-14(9-7-12)21-17(23)10-15(18(21)24)25-11-16(22)20-13-4-2-1-3-5-13/h1-9,15H,10-11H2,(H,20,22). The predicted octanol–water partition coefficient (Wildman–Crippen LogP) is 3.45. The first-order valence-corrected chi connectivity index (χ1v) is 9.47. The lowest BCUT2D eigenvalue weighted by molar-refractivity contribution is -0.121. The van der Waals surface area contributed by atoms with Crippen molar-refractivity contribution in [1.29, 1.82) is 0 Å². The van der Waals surface area contributed by atoms with Crippen molar-refractivity contribution in [3.8, 4) is 0 Å². The van der Waals surface area contributed by atoms with E-state index in [-0.39, 0.29) is 29.9 Å². The fraction of sp³-hybridized carbons (Fsp3) is 0.167. The van der Waals surface area contributed by atoms with E-state index in [0.29, 0.717) is 11.4 Å². The second-order valence-corrected chi connectivity index (χ2v) is 7.57. The fourth-order valence-electron chi connectivity index (χ4n) is 2.49. The van der Waals surface area contributed by atoms with E-state index in [2.05, 4.69) is 21.2 Å². The van der Waals surface area contributed by atoms with Crippen LogP contribution in [-0.4, -0.2) is 28.7 Å². The summed E-state index contributed by atoms with van der Waals surface area (Å²) in [6.45, 7) is 0. The number of rotatable bonds is 5. The van der Waals surface area contributed by atoms with Crippen molar-refractivity contribution >= 4 is 56.8 Å². The van der Waals surface area contributed by atoms with Crippen molar-refractivity contribution in [2.75, 3.05) is 16.0 Å². The van der Waals surface area contributed by atoms with E-state index in [1.807, 2.05) is 18.2 Å². The summed E-state index contributed by atoms with van der Waals surface area (Å²) in [5.74, 6) is -0.594. The summed E-state index contributed by atoms with van der Waals surface area (Å²) in [4.78, 5) is 37.9. The Hall–Kier alpha value is -2.12. The molecular weight excluding hydrogens is 404 g/mol. The number of thioether (sulfide) groups is 1. The van der Waals surface area contributed by atoms with Crippen LogP contribution in [0.2, 0.25) is 0 Å². The van der Waals surface area contributed by atoms with E-state index in [4.69, 9.17) is 0 Å². The minimum atomic E-state index is -0.530. The van der Waals surface area contributed by atoms with E-state index in [1.165, 1.54) is 16.7 Å². The van der Waals surface area contributed by atoms with Crippen LogP contribution in [0.15, 0.2) is 59.1 Å². The Morgan fingerprint density at radius 3 is 2.48 bits per heavy atom. The number of nitrogens with zero attached hydrogens (tertiary/aromatic N) is 1. The molecule has 5 nitrogen and oxygen atoms in total. The van der Waals surface area contributed by atoms with Gasteiger partial charge in [0.2, 0.25) is 17.7 Å². The molecule has 25 heavy (non-hydrogen) atoms. The maximum atomic E-state index is 12.5. The molecule has 0 bridgehead atoms. The number of halogens is 1. The molecule has 0 aliphatic carbocycles. The third-order valence-corrected chi connectivity index (χ3v) is 5.39. The summed E-state index contributed by atoms with van der Waals surface area (Å²) in [5, 5.41) is 2.24. The van der Waals surface area contributed by atoms with Crippen molar-refractivity contribution < 1.29 is 14.4 Å². The third kappa shape index (κ3) is 4.29. The second kappa shape index (κ2) is 7.84. The van der Waals surface area contributed by atoms with Gasteiger partial charge in [0.1, 0.15) is 0 Å². The van der Waals surface area contributed by atoms with Crippen LogP contribution in [-0.2, 0) is 14.4 Å². The average molecular weight is 419 g/mol. The number of nitrogens with one attached hydrogen (secondary N) is 1. The number of benzene rings is 2. The minimum absolute atomic E-state index is 0.109. The highest BCUT2D eigenvalue weighted by Crippen LogP contribution is 2.30. The smallest absolute Gasteiger partial charge is 0.247 e. The zero-order valence-corrected chi connectivity index (χ0v) is 15.5. The Labute approximate surface area is 157 Å². The molecule has 0 saturated carbocycles. The molecule has 3 amide bonds. The number of amides is 3. The largest absolute Gasteiger partial charge is 0.325 e. The van der Waals surface area contributed by atoms with Gasteiger partial charge in [-0.05, 0) is 36.4 Å². The lowest BCUT2D eigenvalue weighted by atomic mass is 10.3. The third-order valence-electron chi connectivity index (χ3n) is 3.66. The number of anilines is 2.